The molecule has 0 saturated heterocycles. The highest BCUT2D eigenvalue weighted by molar-refractivity contribution is 6.04. The van der Waals surface area contributed by atoms with Gasteiger partial charge in [-0.2, -0.15) is 0 Å². The first kappa shape index (κ1) is 17.5. The highest BCUT2D eigenvalue weighted by atomic mass is 19.1. The van der Waals surface area contributed by atoms with Gasteiger partial charge in [-0.15, -0.1) is 0 Å². The molecule has 0 aliphatic heterocycles. The number of hydrogen-bond donors (Lipinski definition) is 1. The van der Waals surface area contributed by atoms with Gasteiger partial charge in [-0.25, -0.2) is 4.39 Å². The van der Waals surface area contributed by atoms with E-state index in [4.69, 9.17) is 0 Å². The van der Waals surface area contributed by atoms with Gasteiger partial charge in [-0.3, -0.25) is 19.3 Å². The Hall–Kier alpha value is -2.57. The van der Waals surface area contributed by atoms with Crippen LogP contribution in [0.1, 0.15) is 28.8 Å². The first-order valence-electron chi connectivity index (χ1n) is 6.66. The summed E-state index contributed by atoms with van der Waals surface area (Å²) in [6.07, 6.45) is 0.827. The molecule has 3 amide bonds. The van der Waals surface area contributed by atoms with Crippen molar-refractivity contribution in [2.45, 2.75) is 25.8 Å². The SMILES string of the molecule is CNC(=O)C(CCC=O)N(C=O)C(=O)c1cccc(F)c1C. The number of benzene rings is 1. The predicted octanol–water partition coefficient (Wildman–Crippen LogP) is 0.826. The number of nitrogens with one attached hydrogen (secondary N) is 1. The Kier molecular flexibility index (Phi) is 6.37. The van der Waals surface area contributed by atoms with Crippen LogP contribution in [0, 0.1) is 12.7 Å². The molecule has 1 N–H and O–H groups in total. The van der Waals surface area contributed by atoms with E-state index < -0.39 is 23.7 Å². The predicted molar refractivity (Wildman–Crippen MR) is 76.5 cm³/mol. The Balaban J connectivity index is 3.17. The Bertz CT molecular complexity index is 589. The van der Waals surface area contributed by atoms with Crippen molar-refractivity contribution in [1.29, 1.82) is 0 Å². The van der Waals surface area contributed by atoms with Gasteiger partial charge in [-0.05, 0) is 31.0 Å². The van der Waals surface area contributed by atoms with Gasteiger partial charge in [0.1, 0.15) is 18.1 Å². The monoisotopic (exact) mass is 308 g/mol. The maximum absolute atomic E-state index is 13.6. The van der Waals surface area contributed by atoms with E-state index in [0.717, 1.165) is 0 Å². The number of carbonyl (C=O) groups is 4. The molecule has 0 heterocycles. The highest BCUT2D eigenvalue weighted by Crippen LogP contribution is 2.17. The number of halogens is 1. The second-order valence-electron chi connectivity index (χ2n) is 4.60. The van der Waals surface area contributed by atoms with Gasteiger partial charge in [-0.1, -0.05) is 6.07 Å². The standard InChI is InChI=1S/C15H17FN2O4/c1-10-11(5-3-6-12(10)16)15(22)18(9-20)13(7-4-8-19)14(21)17-2/h3,5-6,8-9,13H,4,7H2,1-2H3,(H,17,21). The summed E-state index contributed by atoms with van der Waals surface area (Å²) in [6, 6.07) is 2.79. The molecule has 0 aromatic heterocycles. The fourth-order valence-electron chi connectivity index (χ4n) is 2.03. The van der Waals surface area contributed by atoms with Gasteiger partial charge >= 0.3 is 0 Å². The van der Waals surface area contributed by atoms with Crippen molar-refractivity contribution in [2.75, 3.05) is 7.05 Å². The van der Waals surface area contributed by atoms with Crippen LogP contribution in [0.4, 0.5) is 4.39 Å². The van der Waals surface area contributed by atoms with Crippen molar-refractivity contribution in [2.24, 2.45) is 0 Å². The molecule has 0 saturated carbocycles. The summed E-state index contributed by atoms with van der Waals surface area (Å²) in [6.45, 7) is 1.41. The Labute approximate surface area is 127 Å². The van der Waals surface area contributed by atoms with Crippen LogP contribution in [0.15, 0.2) is 18.2 Å². The zero-order valence-electron chi connectivity index (χ0n) is 12.3. The number of likely N-dealkylation sites (N-methyl/N-ethyl adjacent to an activating group) is 1. The molecular weight excluding hydrogens is 291 g/mol. The van der Waals surface area contributed by atoms with Crippen molar-refractivity contribution in [3.63, 3.8) is 0 Å². The third kappa shape index (κ3) is 3.75. The third-order valence-electron chi connectivity index (χ3n) is 3.29. The van der Waals surface area contributed by atoms with Crippen LogP contribution in [-0.4, -0.2) is 42.5 Å². The van der Waals surface area contributed by atoms with Crippen LogP contribution in [0.5, 0.6) is 0 Å². The maximum atomic E-state index is 13.6. The number of nitrogens with zero attached hydrogens (tertiary/aromatic N) is 1. The first-order valence-corrected chi connectivity index (χ1v) is 6.66. The third-order valence-corrected chi connectivity index (χ3v) is 3.29. The van der Waals surface area contributed by atoms with Crippen molar-refractivity contribution in [3.05, 3.63) is 35.1 Å². The van der Waals surface area contributed by atoms with Gasteiger partial charge < -0.3 is 10.1 Å². The quantitative estimate of drug-likeness (QED) is 0.756. The van der Waals surface area contributed by atoms with Crippen molar-refractivity contribution in [3.8, 4) is 0 Å². The number of aldehydes is 1. The summed E-state index contributed by atoms with van der Waals surface area (Å²) in [5.41, 5.74) is 0.0810. The van der Waals surface area contributed by atoms with Crippen LogP contribution < -0.4 is 5.32 Å². The molecule has 22 heavy (non-hydrogen) atoms. The van der Waals surface area contributed by atoms with Crippen LogP contribution in [-0.2, 0) is 14.4 Å². The summed E-state index contributed by atoms with van der Waals surface area (Å²) in [5, 5.41) is 2.34. The average molecular weight is 308 g/mol. The molecular formula is C15H17FN2O4. The normalized spacial score (nSPS) is 11.4. The van der Waals surface area contributed by atoms with E-state index in [2.05, 4.69) is 5.32 Å². The van der Waals surface area contributed by atoms with E-state index >= 15 is 0 Å². The molecule has 1 aromatic carbocycles. The fraction of sp³-hybridized carbons (Fsp3) is 0.333. The number of hydrogen-bond acceptors (Lipinski definition) is 4. The highest BCUT2D eigenvalue weighted by Gasteiger charge is 2.30. The van der Waals surface area contributed by atoms with E-state index in [1.165, 1.54) is 32.2 Å². The molecule has 0 aliphatic rings. The molecule has 0 fully saturated rings. The van der Waals surface area contributed by atoms with E-state index in [1.807, 2.05) is 0 Å². The van der Waals surface area contributed by atoms with Gasteiger partial charge in [0.05, 0.1) is 0 Å². The summed E-state index contributed by atoms with van der Waals surface area (Å²) >= 11 is 0. The molecule has 0 radical (unpaired) electrons. The first-order chi connectivity index (χ1) is 10.5. The second kappa shape index (κ2) is 8.02. The summed E-state index contributed by atoms with van der Waals surface area (Å²) in [4.78, 5) is 46.8. The molecule has 7 heteroatoms. The molecule has 1 rings (SSSR count). The molecule has 1 aromatic rings. The minimum atomic E-state index is -1.12. The lowest BCUT2D eigenvalue weighted by atomic mass is 10.0. The number of amides is 3. The topological polar surface area (TPSA) is 83.6 Å². The molecule has 0 bridgehead atoms. The molecule has 0 spiro atoms. The number of carbonyl (C=O) groups excluding carboxylic acids is 4. The molecule has 1 unspecified atom stereocenters. The number of imide groups is 1. The molecule has 118 valence electrons. The van der Waals surface area contributed by atoms with Gasteiger partial charge in [0.2, 0.25) is 12.3 Å². The Morgan fingerprint density at radius 3 is 2.59 bits per heavy atom. The Morgan fingerprint density at radius 1 is 1.36 bits per heavy atom. The second-order valence-corrected chi connectivity index (χ2v) is 4.60. The minimum absolute atomic E-state index is 0.00200. The van der Waals surface area contributed by atoms with Crippen molar-refractivity contribution in [1.82, 2.24) is 10.2 Å². The molecule has 1 atom stereocenters. The lowest BCUT2D eigenvalue weighted by Gasteiger charge is -2.25. The van der Waals surface area contributed by atoms with E-state index in [1.54, 1.807) is 0 Å². The van der Waals surface area contributed by atoms with Crippen LogP contribution in [0.3, 0.4) is 0 Å². The molecule has 6 nitrogen and oxygen atoms in total. The summed E-state index contributed by atoms with van der Waals surface area (Å²) < 4.78 is 13.6. The van der Waals surface area contributed by atoms with E-state index in [0.29, 0.717) is 11.2 Å². The largest absolute Gasteiger partial charge is 0.357 e. The summed E-state index contributed by atoms with van der Waals surface area (Å²) in [7, 11) is 1.36. The van der Waals surface area contributed by atoms with Gasteiger partial charge in [0.25, 0.3) is 5.91 Å². The van der Waals surface area contributed by atoms with Crippen LogP contribution in [0.25, 0.3) is 0 Å². The van der Waals surface area contributed by atoms with Crippen LogP contribution >= 0.6 is 0 Å². The van der Waals surface area contributed by atoms with Crippen molar-refractivity contribution < 1.29 is 23.6 Å². The summed E-state index contributed by atoms with van der Waals surface area (Å²) in [5.74, 6) is -1.94. The van der Waals surface area contributed by atoms with E-state index in [-0.39, 0.29) is 30.4 Å². The van der Waals surface area contributed by atoms with Crippen molar-refractivity contribution >= 4 is 24.5 Å². The van der Waals surface area contributed by atoms with Gasteiger partial charge in [0, 0.05) is 19.0 Å². The minimum Gasteiger partial charge on any atom is -0.357 e. The lowest BCUT2D eigenvalue weighted by molar-refractivity contribution is -0.131. The lowest BCUT2D eigenvalue weighted by Crippen LogP contribution is -2.48. The zero-order chi connectivity index (χ0) is 16.7. The Morgan fingerprint density at radius 2 is 2.05 bits per heavy atom. The fourth-order valence-corrected chi connectivity index (χ4v) is 2.03. The van der Waals surface area contributed by atoms with E-state index in [9.17, 15) is 23.6 Å². The molecule has 0 aliphatic carbocycles. The van der Waals surface area contributed by atoms with Gasteiger partial charge in [0.15, 0.2) is 0 Å². The number of rotatable bonds is 7. The maximum Gasteiger partial charge on any atom is 0.261 e. The smallest absolute Gasteiger partial charge is 0.261 e. The van der Waals surface area contributed by atoms with Crippen LogP contribution in [0.2, 0.25) is 0 Å². The average Bonchev–Trinajstić information content (AvgIpc) is 2.52. The zero-order valence-corrected chi connectivity index (χ0v) is 12.3.